The Kier molecular flexibility index (Phi) is 5.37. The van der Waals surface area contributed by atoms with Gasteiger partial charge in [-0.05, 0) is 29.8 Å². The van der Waals surface area contributed by atoms with Crippen molar-refractivity contribution in [1.29, 1.82) is 0 Å². The molecule has 4 heteroatoms. The van der Waals surface area contributed by atoms with E-state index in [1.54, 1.807) is 36.0 Å². The third-order valence-electron chi connectivity index (χ3n) is 2.71. The molecule has 2 aromatic carbocycles. The fraction of sp³-hybridized carbons (Fsp3) is 0.222. The first-order chi connectivity index (χ1) is 10.3. The zero-order chi connectivity index (χ0) is 16.2. The smallest absolute Gasteiger partial charge is 0.343 e. The average molecular weight is 330 g/mol. The van der Waals surface area contributed by atoms with E-state index in [-0.39, 0.29) is 10.7 Å². The Balaban J connectivity index is 2.05. The van der Waals surface area contributed by atoms with Crippen molar-refractivity contribution in [3.05, 3.63) is 65.7 Å². The summed E-state index contributed by atoms with van der Waals surface area (Å²) in [6.45, 7) is 6.36. The van der Waals surface area contributed by atoms with E-state index in [1.165, 1.54) is 0 Å². The molecule has 114 valence electrons. The maximum absolute atomic E-state index is 12.1. The third-order valence-corrected chi connectivity index (χ3v) is 4.23. The van der Waals surface area contributed by atoms with Gasteiger partial charge in [0.25, 0.3) is 0 Å². The number of hydrogen-bond donors (Lipinski definition) is 0. The topological polar surface area (TPSA) is 26.3 Å². The SMILES string of the molecule is CC(C)(C)SC(=S)c1ccc(C(=O)Oc2ccccc2)cc1. The Hall–Kier alpha value is -1.65. The molecule has 0 fully saturated rings. The van der Waals surface area contributed by atoms with E-state index < -0.39 is 0 Å². The van der Waals surface area contributed by atoms with Gasteiger partial charge in [-0.1, -0.05) is 63.3 Å². The van der Waals surface area contributed by atoms with E-state index in [0.29, 0.717) is 11.3 Å². The number of esters is 1. The summed E-state index contributed by atoms with van der Waals surface area (Å²) in [5.74, 6) is 0.169. The summed E-state index contributed by atoms with van der Waals surface area (Å²) in [5, 5.41) is 0. The average Bonchev–Trinajstić information content (AvgIpc) is 2.46. The van der Waals surface area contributed by atoms with Crippen molar-refractivity contribution >= 4 is 34.1 Å². The van der Waals surface area contributed by atoms with E-state index in [2.05, 4.69) is 20.8 Å². The second kappa shape index (κ2) is 7.07. The van der Waals surface area contributed by atoms with Gasteiger partial charge in [-0.15, -0.1) is 11.8 Å². The van der Waals surface area contributed by atoms with Crippen molar-refractivity contribution in [2.45, 2.75) is 25.5 Å². The van der Waals surface area contributed by atoms with Crippen LogP contribution < -0.4 is 4.74 Å². The standard InChI is InChI=1S/C18H18O2S2/c1-18(2,3)22-17(21)14-11-9-13(10-12-14)16(19)20-15-7-5-4-6-8-15/h4-12H,1-3H3. The summed E-state index contributed by atoms with van der Waals surface area (Å²) < 4.78 is 6.20. The second-order valence-electron chi connectivity index (χ2n) is 5.78. The van der Waals surface area contributed by atoms with Gasteiger partial charge in [0, 0.05) is 4.75 Å². The van der Waals surface area contributed by atoms with Crippen LogP contribution in [0.2, 0.25) is 0 Å². The van der Waals surface area contributed by atoms with Crippen LogP contribution in [0.25, 0.3) is 0 Å². The molecule has 0 atom stereocenters. The van der Waals surface area contributed by atoms with Gasteiger partial charge in [-0.2, -0.15) is 0 Å². The normalized spacial score (nSPS) is 11.0. The van der Waals surface area contributed by atoms with Crippen molar-refractivity contribution in [1.82, 2.24) is 0 Å². The number of thioether (sulfide) groups is 1. The lowest BCUT2D eigenvalue weighted by atomic mass is 10.1. The minimum Gasteiger partial charge on any atom is -0.423 e. The van der Waals surface area contributed by atoms with E-state index in [4.69, 9.17) is 17.0 Å². The van der Waals surface area contributed by atoms with Gasteiger partial charge in [0.1, 0.15) is 5.75 Å². The molecular formula is C18H18O2S2. The van der Waals surface area contributed by atoms with Gasteiger partial charge in [0.2, 0.25) is 0 Å². The lowest BCUT2D eigenvalue weighted by molar-refractivity contribution is 0.0735. The maximum atomic E-state index is 12.1. The molecule has 22 heavy (non-hydrogen) atoms. The zero-order valence-corrected chi connectivity index (χ0v) is 14.5. The van der Waals surface area contributed by atoms with Crippen molar-refractivity contribution in [2.24, 2.45) is 0 Å². The van der Waals surface area contributed by atoms with Crippen LogP contribution in [0.15, 0.2) is 54.6 Å². The monoisotopic (exact) mass is 330 g/mol. The minimum absolute atomic E-state index is 0.0714. The Morgan fingerprint density at radius 3 is 2.05 bits per heavy atom. The third kappa shape index (κ3) is 4.97. The molecule has 0 aliphatic carbocycles. The van der Waals surface area contributed by atoms with Crippen LogP contribution in [0, 0.1) is 0 Å². The molecule has 0 spiro atoms. The van der Waals surface area contributed by atoms with Gasteiger partial charge >= 0.3 is 5.97 Å². The Morgan fingerprint density at radius 2 is 1.50 bits per heavy atom. The van der Waals surface area contributed by atoms with Gasteiger partial charge in [0.15, 0.2) is 0 Å². The second-order valence-corrected chi connectivity index (χ2v) is 8.29. The zero-order valence-electron chi connectivity index (χ0n) is 12.8. The highest BCUT2D eigenvalue weighted by molar-refractivity contribution is 8.24. The molecule has 0 unspecified atom stereocenters. The van der Waals surface area contributed by atoms with Crippen molar-refractivity contribution in [3.8, 4) is 5.75 Å². The molecule has 0 aliphatic heterocycles. The van der Waals surface area contributed by atoms with E-state index in [0.717, 1.165) is 9.76 Å². The summed E-state index contributed by atoms with van der Waals surface area (Å²) in [7, 11) is 0. The fourth-order valence-corrected chi connectivity index (χ4v) is 3.43. The number of hydrogen-bond acceptors (Lipinski definition) is 4. The molecule has 0 saturated heterocycles. The number of carbonyl (C=O) groups is 1. The first-order valence-corrected chi connectivity index (χ1v) is 8.18. The number of ether oxygens (including phenoxy) is 1. The summed E-state index contributed by atoms with van der Waals surface area (Å²) in [6, 6.07) is 16.3. The number of para-hydroxylation sites is 1. The van der Waals surface area contributed by atoms with E-state index >= 15 is 0 Å². The molecule has 0 saturated carbocycles. The van der Waals surface area contributed by atoms with Crippen molar-refractivity contribution in [2.75, 3.05) is 0 Å². The van der Waals surface area contributed by atoms with E-state index in [9.17, 15) is 4.79 Å². The van der Waals surface area contributed by atoms with Crippen LogP contribution >= 0.6 is 24.0 Å². The van der Waals surface area contributed by atoms with Gasteiger partial charge in [-0.3, -0.25) is 0 Å². The molecule has 0 bridgehead atoms. The quantitative estimate of drug-likeness (QED) is 0.444. The molecule has 0 amide bonds. The number of thiocarbonyl (C=S) groups is 1. The van der Waals surface area contributed by atoms with Crippen LogP contribution in [-0.4, -0.2) is 14.9 Å². The summed E-state index contributed by atoms with van der Waals surface area (Å²) in [6.07, 6.45) is 0. The van der Waals surface area contributed by atoms with E-state index in [1.807, 2.05) is 30.3 Å². The predicted octanol–water partition coefficient (Wildman–Crippen LogP) is 5.11. The van der Waals surface area contributed by atoms with Crippen molar-refractivity contribution < 1.29 is 9.53 Å². The number of rotatable bonds is 3. The first kappa shape index (κ1) is 16.7. The first-order valence-electron chi connectivity index (χ1n) is 6.96. The molecule has 0 N–H and O–H groups in total. The molecule has 2 rings (SSSR count). The van der Waals surface area contributed by atoms with Crippen molar-refractivity contribution in [3.63, 3.8) is 0 Å². The Labute approximate surface area is 140 Å². The lowest BCUT2D eigenvalue weighted by Gasteiger charge is -2.18. The Bertz CT molecular complexity index is 656. The molecule has 2 aromatic rings. The van der Waals surface area contributed by atoms with Crippen LogP contribution in [0.1, 0.15) is 36.7 Å². The maximum Gasteiger partial charge on any atom is 0.343 e. The Morgan fingerprint density at radius 1 is 0.955 bits per heavy atom. The van der Waals surface area contributed by atoms with Crippen LogP contribution in [-0.2, 0) is 0 Å². The summed E-state index contributed by atoms with van der Waals surface area (Å²) in [4.78, 5) is 12.1. The predicted molar refractivity (Wildman–Crippen MR) is 96.9 cm³/mol. The largest absolute Gasteiger partial charge is 0.423 e. The molecular weight excluding hydrogens is 312 g/mol. The number of carbonyl (C=O) groups excluding carboxylic acids is 1. The highest BCUT2D eigenvalue weighted by Crippen LogP contribution is 2.28. The molecule has 0 aliphatic rings. The highest BCUT2D eigenvalue weighted by atomic mass is 32.2. The van der Waals surface area contributed by atoms with Crippen LogP contribution in [0.3, 0.4) is 0 Å². The van der Waals surface area contributed by atoms with Gasteiger partial charge in [-0.25, -0.2) is 4.79 Å². The molecule has 0 aromatic heterocycles. The van der Waals surface area contributed by atoms with Crippen LogP contribution in [0.5, 0.6) is 5.75 Å². The number of benzene rings is 2. The highest BCUT2D eigenvalue weighted by Gasteiger charge is 2.16. The summed E-state index contributed by atoms with van der Waals surface area (Å²) >= 11 is 7.07. The fourth-order valence-electron chi connectivity index (χ4n) is 1.73. The van der Waals surface area contributed by atoms with Gasteiger partial charge < -0.3 is 4.74 Å². The molecule has 2 nitrogen and oxygen atoms in total. The molecule has 0 radical (unpaired) electrons. The van der Waals surface area contributed by atoms with Gasteiger partial charge in [0.05, 0.1) is 9.76 Å². The molecule has 0 heterocycles. The van der Waals surface area contributed by atoms with Crippen LogP contribution in [0.4, 0.5) is 0 Å². The lowest BCUT2D eigenvalue weighted by Crippen LogP contribution is -2.12. The minimum atomic E-state index is -0.368. The summed E-state index contributed by atoms with van der Waals surface area (Å²) in [5.41, 5.74) is 1.46.